The molecule has 1 amide bonds. The number of fused-ring (bicyclic) bond motifs is 1. The van der Waals surface area contributed by atoms with E-state index in [9.17, 15) is 20.2 Å². The summed E-state index contributed by atoms with van der Waals surface area (Å²) in [6.07, 6.45) is 1.31. The number of thiazole rings is 1. The van der Waals surface area contributed by atoms with E-state index in [0.717, 1.165) is 10.2 Å². The molecular weight excluding hydrogens is 404 g/mol. The predicted octanol–water partition coefficient (Wildman–Crippen LogP) is 5.01. The Morgan fingerprint density at radius 1 is 1.20 bits per heavy atom. The molecule has 0 radical (unpaired) electrons. The lowest BCUT2D eigenvalue weighted by molar-refractivity contribution is -0.384. The lowest BCUT2D eigenvalue weighted by Gasteiger charge is -1.99. The fraction of sp³-hybridized carbons (Fsp3) is 0. The van der Waals surface area contributed by atoms with E-state index in [0.29, 0.717) is 16.5 Å². The number of nitrogens with one attached hydrogen (secondary N) is 1. The summed E-state index contributed by atoms with van der Waals surface area (Å²) < 4.78 is 6.56. The van der Waals surface area contributed by atoms with Crippen molar-refractivity contribution in [2.45, 2.75) is 0 Å². The Labute approximate surface area is 173 Å². The molecule has 0 fully saturated rings. The van der Waals surface area contributed by atoms with Gasteiger partial charge in [0.25, 0.3) is 11.6 Å². The van der Waals surface area contributed by atoms with Crippen LogP contribution in [0, 0.1) is 21.4 Å². The topological polar surface area (TPSA) is 122 Å². The molecule has 0 spiro atoms. The molecular formula is C21H12N4O4S. The van der Waals surface area contributed by atoms with E-state index in [1.807, 2.05) is 30.3 Å². The minimum Gasteiger partial charge on any atom is -0.457 e. The van der Waals surface area contributed by atoms with Gasteiger partial charge in [-0.2, -0.15) is 5.26 Å². The van der Waals surface area contributed by atoms with Crippen molar-refractivity contribution in [2.75, 3.05) is 5.32 Å². The van der Waals surface area contributed by atoms with Crippen LogP contribution in [0.1, 0.15) is 5.76 Å². The van der Waals surface area contributed by atoms with Gasteiger partial charge in [-0.1, -0.05) is 35.6 Å². The van der Waals surface area contributed by atoms with Crippen LogP contribution in [0.2, 0.25) is 0 Å². The van der Waals surface area contributed by atoms with Crippen LogP contribution < -0.4 is 5.32 Å². The minimum atomic E-state index is -0.607. The molecule has 2 heterocycles. The molecule has 30 heavy (non-hydrogen) atoms. The van der Waals surface area contributed by atoms with Crippen molar-refractivity contribution in [2.24, 2.45) is 0 Å². The van der Waals surface area contributed by atoms with Gasteiger partial charge in [-0.25, -0.2) is 4.98 Å². The molecule has 0 saturated heterocycles. The van der Waals surface area contributed by atoms with Gasteiger partial charge in [-0.05, 0) is 24.3 Å². The molecule has 0 saturated carbocycles. The van der Waals surface area contributed by atoms with Crippen molar-refractivity contribution < 1.29 is 14.1 Å². The normalized spacial score (nSPS) is 11.2. The van der Waals surface area contributed by atoms with Gasteiger partial charge in [-0.15, -0.1) is 0 Å². The number of furan rings is 1. The van der Waals surface area contributed by atoms with Crippen LogP contribution in [0.25, 0.3) is 27.6 Å². The Balaban J connectivity index is 1.55. The molecule has 4 aromatic rings. The molecule has 0 atom stereocenters. The summed E-state index contributed by atoms with van der Waals surface area (Å²) in [4.78, 5) is 27.2. The van der Waals surface area contributed by atoms with E-state index in [1.54, 1.807) is 24.3 Å². The SMILES string of the molecule is N#C/C(=C\c1ccc(-c2cccc([N+](=O)[O-])c2)o1)C(=O)Nc1nc2ccccc2s1. The van der Waals surface area contributed by atoms with Gasteiger partial charge in [-0.3, -0.25) is 20.2 Å². The van der Waals surface area contributed by atoms with Crippen LogP contribution in [0.4, 0.5) is 10.8 Å². The van der Waals surface area contributed by atoms with Crippen LogP contribution in [0.5, 0.6) is 0 Å². The van der Waals surface area contributed by atoms with Crippen molar-refractivity contribution >= 4 is 44.4 Å². The number of nitriles is 1. The number of para-hydroxylation sites is 1. The zero-order chi connectivity index (χ0) is 21.1. The van der Waals surface area contributed by atoms with Crippen LogP contribution in [0.3, 0.4) is 0 Å². The van der Waals surface area contributed by atoms with Crippen molar-refractivity contribution in [3.8, 4) is 17.4 Å². The maximum absolute atomic E-state index is 12.5. The summed E-state index contributed by atoms with van der Waals surface area (Å²) in [5.41, 5.74) is 1.05. The monoisotopic (exact) mass is 416 g/mol. The number of benzene rings is 2. The van der Waals surface area contributed by atoms with Gasteiger partial charge in [0.1, 0.15) is 23.2 Å². The van der Waals surface area contributed by atoms with Crippen molar-refractivity contribution in [3.05, 3.63) is 82.1 Å². The van der Waals surface area contributed by atoms with Gasteiger partial charge in [0, 0.05) is 23.8 Å². The number of rotatable bonds is 5. The van der Waals surface area contributed by atoms with Gasteiger partial charge >= 0.3 is 0 Å². The van der Waals surface area contributed by atoms with E-state index in [-0.39, 0.29) is 17.0 Å². The third kappa shape index (κ3) is 3.94. The first-order valence-corrected chi connectivity index (χ1v) is 9.48. The van der Waals surface area contributed by atoms with E-state index in [4.69, 9.17) is 4.42 Å². The number of nitro groups is 1. The average Bonchev–Trinajstić information content (AvgIpc) is 3.38. The number of nitro benzene ring substituents is 1. The summed E-state index contributed by atoms with van der Waals surface area (Å²) in [5.74, 6) is 0.0474. The van der Waals surface area contributed by atoms with Crippen molar-refractivity contribution in [1.29, 1.82) is 5.26 Å². The quantitative estimate of drug-likeness (QED) is 0.211. The van der Waals surface area contributed by atoms with Crippen molar-refractivity contribution in [1.82, 2.24) is 4.98 Å². The molecule has 1 N–H and O–H groups in total. The Kier molecular flexibility index (Phi) is 5.07. The number of anilines is 1. The number of hydrogen-bond acceptors (Lipinski definition) is 7. The Morgan fingerprint density at radius 3 is 2.80 bits per heavy atom. The summed E-state index contributed by atoms with van der Waals surface area (Å²) in [5, 5.41) is 23.3. The second-order valence-electron chi connectivity index (χ2n) is 6.12. The van der Waals surface area contributed by atoms with Crippen LogP contribution in [0.15, 0.2) is 70.7 Å². The molecule has 2 aromatic heterocycles. The third-order valence-corrected chi connectivity index (χ3v) is 5.09. The largest absolute Gasteiger partial charge is 0.457 e. The summed E-state index contributed by atoms with van der Waals surface area (Å²) in [6, 6.07) is 18.5. The number of non-ortho nitro benzene ring substituents is 1. The fourth-order valence-corrected chi connectivity index (χ4v) is 3.60. The first-order valence-electron chi connectivity index (χ1n) is 8.67. The smallest absolute Gasteiger partial charge is 0.270 e. The summed E-state index contributed by atoms with van der Waals surface area (Å²) in [7, 11) is 0. The number of carbonyl (C=O) groups is 1. The zero-order valence-electron chi connectivity index (χ0n) is 15.2. The number of aromatic nitrogens is 1. The maximum Gasteiger partial charge on any atom is 0.270 e. The number of nitrogens with zero attached hydrogens (tertiary/aromatic N) is 3. The van der Waals surface area contributed by atoms with E-state index in [2.05, 4.69) is 10.3 Å². The summed E-state index contributed by atoms with van der Waals surface area (Å²) in [6.45, 7) is 0. The highest BCUT2D eigenvalue weighted by Gasteiger charge is 2.14. The second kappa shape index (κ2) is 7.98. The fourth-order valence-electron chi connectivity index (χ4n) is 2.74. The van der Waals surface area contributed by atoms with Crippen LogP contribution in [-0.2, 0) is 4.79 Å². The Bertz CT molecular complexity index is 1310. The van der Waals surface area contributed by atoms with Gasteiger partial charge in [0.2, 0.25) is 0 Å². The molecule has 0 aliphatic carbocycles. The highest BCUT2D eigenvalue weighted by atomic mass is 32.1. The van der Waals surface area contributed by atoms with Crippen LogP contribution >= 0.6 is 11.3 Å². The van der Waals surface area contributed by atoms with Crippen LogP contribution in [-0.4, -0.2) is 15.8 Å². The average molecular weight is 416 g/mol. The molecule has 4 rings (SSSR count). The van der Waals surface area contributed by atoms with E-state index in [1.165, 1.54) is 29.5 Å². The first kappa shape index (κ1) is 19.0. The lowest BCUT2D eigenvalue weighted by atomic mass is 10.1. The Hall–Kier alpha value is -4.29. The number of amides is 1. The van der Waals surface area contributed by atoms with E-state index >= 15 is 0 Å². The molecule has 146 valence electrons. The predicted molar refractivity (Wildman–Crippen MR) is 113 cm³/mol. The van der Waals surface area contributed by atoms with Gasteiger partial charge < -0.3 is 4.42 Å². The van der Waals surface area contributed by atoms with Gasteiger partial charge in [0.05, 0.1) is 15.1 Å². The molecule has 9 heteroatoms. The molecule has 2 aromatic carbocycles. The molecule has 0 aliphatic heterocycles. The van der Waals surface area contributed by atoms with E-state index < -0.39 is 10.8 Å². The standard InChI is InChI=1S/C21H12N4O4S/c22-12-14(20(26)24-21-23-17-6-1-2-7-19(17)30-21)11-16-8-9-18(29-16)13-4-3-5-15(10-13)25(27)28/h1-11H,(H,23,24,26)/b14-11+. The summed E-state index contributed by atoms with van der Waals surface area (Å²) >= 11 is 1.31. The molecule has 0 bridgehead atoms. The first-order chi connectivity index (χ1) is 14.5. The lowest BCUT2D eigenvalue weighted by Crippen LogP contribution is -2.13. The highest BCUT2D eigenvalue weighted by molar-refractivity contribution is 7.22. The molecule has 0 unspecified atom stereocenters. The molecule has 8 nitrogen and oxygen atoms in total. The number of hydrogen-bond donors (Lipinski definition) is 1. The Morgan fingerprint density at radius 2 is 2.03 bits per heavy atom. The zero-order valence-corrected chi connectivity index (χ0v) is 16.1. The maximum atomic E-state index is 12.5. The minimum absolute atomic E-state index is 0.0612. The van der Waals surface area contributed by atoms with Gasteiger partial charge in [0.15, 0.2) is 5.13 Å². The molecule has 0 aliphatic rings. The van der Waals surface area contributed by atoms with Crippen molar-refractivity contribution in [3.63, 3.8) is 0 Å². The number of carbonyl (C=O) groups excluding carboxylic acids is 1. The second-order valence-corrected chi connectivity index (χ2v) is 7.15. The third-order valence-electron chi connectivity index (χ3n) is 4.13. The highest BCUT2D eigenvalue weighted by Crippen LogP contribution is 2.28.